The third-order valence-corrected chi connectivity index (χ3v) is 2.96. The van der Waals surface area contributed by atoms with E-state index in [9.17, 15) is 18.8 Å². The summed E-state index contributed by atoms with van der Waals surface area (Å²) in [5, 5.41) is 4.66. The average molecular weight is 338 g/mol. The average Bonchev–Trinajstić information content (AvgIpc) is 2.44. The number of carbonyl (C=O) groups is 3. The molecule has 1 aromatic carbocycles. The van der Waals surface area contributed by atoms with Gasteiger partial charge in [-0.05, 0) is 45.7 Å². The molecule has 0 saturated carbocycles. The number of hydrogen-bond acceptors (Lipinski definition) is 4. The molecule has 1 atom stereocenters. The molecule has 0 unspecified atom stereocenters. The minimum absolute atomic E-state index is 0.0628. The van der Waals surface area contributed by atoms with Crippen molar-refractivity contribution in [2.75, 3.05) is 0 Å². The molecule has 0 radical (unpaired) electrons. The standard InChI is InChI=1S/C17H23FN2O4/c1-11(15(22)19-16(23)20-17(2,3)4)24-14(21)10-9-12-7-5-6-8-13(12)18/h5-8,11H,9-10H2,1-4H3,(H2,19,20,22,23)/t11-/m0/s1. The fraction of sp³-hybridized carbons (Fsp3) is 0.471. The van der Waals surface area contributed by atoms with E-state index in [0.29, 0.717) is 5.56 Å². The van der Waals surface area contributed by atoms with Crippen molar-refractivity contribution in [3.05, 3.63) is 35.6 Å². The second kappa shape index (κ2) is 8.42. The molecular formula is C17H23FN2O4. The molecule has 1 rings (SSSR count). The van der Waals surface area contributed by atoms with E-state index in [2.05, 4.69) is 10.6 Å². The van der Waals surface area contributed by atoms with E-state index in [1.165, 1.54) is 13.0 Å². The molecule has 2 N–H and O–H groups in total. The Labute approximate surface area is 140 Å². The second-order valence-corrected chi connectivity index (χ2v) is 6.42. The van der Waals surface area contributed by atoms with E-state index in [1.807, 2.05) is 0 Å². The topological polar surface area (TPSA) is 84.5 Å². The smallest absolute Gasteiger partial charge is 0.321 e. The number of hydrogen-bond donors (Lipinski definition) is 2. The minimum atomic E-state index is -1.12. The van der Waals surface area contributed by atoms with Crippen LogP contribution in [0.2, 0.25) is 0 Å². The van der Waals surface area contributed by atoms with E-state index in [-0.39, 0.29) is 12.8 Å². The van der Waals surface area contributed by atoms with E-state index in [0.717, 1.165) is 0 Å². The minimum Gasteiger partial charge on any atom is -0.453 e. The summed E-state index contributed by atoms with van der Waals surface area (Å²) < 4.78 is 18.4. The van der Waals surface area contributed by atoms with Gasteiger partial charge in [-0.15, -0.1) is 0 Å². The first-order valence-corrected chi connectivity index (χ1v) is 7.64. The van der Waals surface area contributed by atoms with Gasteiger partial charge >= 0.3 is 12.0 Å². The Balaban J connectivity index is 2.42. The molecule has 6 nitrogen and oxygen atoms in total. The van der Waals surface area contributed by atoms with Gasteiger partial charge in [0, 0.05) is 12.0 Å². The van der Waals surface area contributed by atoms with Crippen LogP contribution in [0.15, 0.2) is 24.3 Å². The number of halogens is 1. The van der Waals surface area contributed by atoms with Gasteiger partial charge in [0.1, 0.15) is 5.82 Å². The molecule has 132 valence electrons. The van der Waals surface area contributed by atoms with Crippen LogP contribution in [0.3, 0.4) is 0 Å². The number of rotatable bonds is 5. The Hall–Kier alpha value is -2.44. The van der Waals surface area contributed by atoms with Crippen molar-refractivity contribution in [3.63, 3.8) is 0 Å². The zero-order valence-electron chi connectivity index (χ0n) is 14.3. The summed E-state index contributed by atoms with van der Waals surface area (Å²) in [6.45, 7) is 6.66. The highest BCUT2D eigenvalue weighted by Gasteiger charge is 2.22. The number of ether oxygens (including phenoxy) is 1. The lowest BCUT2D eigenvalue weighted by Crippen LogP contribution is -2.50. The number of nitrogens with one attached hydrogen (secondary N) is 2. The summed E-state index contributed by atoms with van der Waals surface area (Å²) in [6, 6.07) is 5.46. The predicted octanol–water partition coefficient (Wildman–Crippen LogP) is 2.31. The van der Waals surface area contributed by atoms with Crippen LogP contribution in [0.4, 0.5) is 9.18 Å². The van der Waals surface area contributed by atoms with Crippen LogP contribution < -0.4 is 10.6 Å². The molecule has 0 bridgehead atoms. The van der Waals surface area contributed by atoms with Gasteiger partial charge in [-0.2, -0.15) is 0 Å². The van der Waals surface area contributed by atoms with Crippen molar-refractivity contribution in [3.8, 4) is 0 Å². The van der Waals surface area contributed by atoms with Gasteiger partial charge in [0.05, 0.1) is 0 Å². The molecule has 0 saturated heterocycles. The van der Waals surface area contributed by atoms with Crippen molar-refractivity contribution in [2.45, 2.75) is 52.2 Å². The van der Waals surface area contributed by atoms with Crippen molar-refractivity contribution in [1.29, 1.82) is 0 Å². The van der Waals surface area contributed by atoms with Crippen LogP contribution in [0.25, 0.3) is 0 Å². The molecule has 0 fully saturated rings. The SMILES string of the molecule is C[C@H](OC(=O)CCc1ccccc1F)C(=O)NC(=O)NC(C)(C)C. The van der Waals surface area contributed by atoms with Gasteiger partial charge < -0.3 is 10.1 Å². The maximum Gasteiger partial charge on any atom is 0.321 e. The Morgan fingerprint density at radius 2 is 1.83 bits per heavy atom. The molecule has 0 aliphatic rings. The lowest BCUT2D eigenvalue weighted by atomic mass is 10.1. The monoisotopic (exact) mass is 338 g/mol. The van der Waals surface area contributed by atoms with Crippen LogP contribution in [-0.2, 0) is 20.7 Å². The number of esters is 1. The lowest BCUT2D eigenvalue weighted by Gasteiger charge is -2.21. The van der Waals surface area contributed by atoms with Gasteiger partial charge in [-0.3, -0.25) is 14.9 Å². The number of carbonyl (C=O) groups excluding carboxylic acids is 3. The van der Waals surface area contributed by atoms with Gasteiger partial charge in [0.2, 0.25) is 0 Å². The fourth-order valence-corrected chi connectivity index (χ4v) is 1.83. The fourth-order valence-electron chi connectivity index (χ4n) is 1.83. The zero-order valence-corrected chi connectivity index (χ0v) is 14.3. The molecule has 0 aromatic heterocycles. The molecule has 7 heteroatoms. The highest BCUT2D eigenvalue weighted by molar-refractivity contribution is 5.97. The first-order chi connectivity index (χ1) is 11.1. The van der Waals surface area contributed by atoms with Crippen molar-refractivity contribution in [1.82, 2.24) is 10.6 Å². The van der Waals surface area contributed by atoms with Crippen LogP contribution in [0, 0.1) is 5.82 Å². The van der Waals surface area contributed by atoms with Crippen LogP contribution in [0.5, 0.6) is 0 Å². The van der Waals surface area contributed by atoms with Crippen LogP contribution in [0.1, 0.15) is 39.7 Å². The molecule has 0 aliphatic carbocycles. The van der Waals surface area contributed by atoms with E-state index in [1.54, 1.807) is 39.0 Å². The van der Waals surface area contributed by atoms with Crippen molar-refractivity contribution >= 4 is 17.9 Å². The summed E-state index contributed by atoms with van der Waals surface area (Å²) >= 11 is 0. The van der Waals surface area contributed by atoms with E-state index < -0.39 is 35.4 Å². The Morgan fingerprint density at radius 3 is 2.42 bits per heavy atom. The van der Waals surface area contributed by atoms with Crippen LogP contribution in [-0.4, -0.2) is 29.6 Å². The molecule has 24 heavy (non-hydrogen) atoms. The number of urea groups is 1. The second-order valence-electron chi connectivity index (χ2n) is 6.42. The third-order valence-electron chi connectivity index (χ3n) is 2.96. The summed E-state index contributed by atoms with van der Waals surface area (Å²) in [4.78, 5) is 35.1. The summed E-state index contributed by atoms with van der Waals surface area (Å²) in [7, 11) is 0. The molecule has 0 aliphatic heterocycles. The normalized spacial score (nSPS) is 12.2. The lowest BCUT2D eigenvalue weighted by molar-refractivity contribution is -0.154. The van der Waals surface area contributed by atoms with Gasteiger partial charge in [0.15, 0.2) is 6.10 Å². The number of aryl methyl sites for hydroxylation is 1. The largest absolute Gasteiger partial charge is 0.453 e. The molecule has 0 heterocycles. The van der Waals surface area contributed by atoms with E-state index >= 15 is 0 Å². The zero-order chi connectivity index (χ0) is 18.3. The van der Waals surface area contributed by atoms with E-state index in [4.69, 9.17) is 4.74 Å². The highest BCUT2D eigenvalue weighted by Crippen LogP contribution is 2.09. The van der Waals surface area contributed by atoms with Crippen molar-refractivity contribution in [2.24, 2.45) is 0 Å². The number of benzene rings is 1. The number of amides is 3. The first-order valence-electron chi connectivity index (χ1n) is 7.64. The summed E-state index contributed by atoms with van der Waals surface area (Å²) in [6.07, 6.45) is -1.01. The highest BCUT2D eigenvalue weighted by atomic mass is 19.1. The first kappa shape index (κ1) is 19.6. The maximum atomic E-state index is 13.4. The maximum absolute atomic E-state index is 13.4. The quantitative estimate of drug-likeness (QED) is 0.807. The van der Waals surface area contributed by atoms with Crippen LogP contribution >= 0.6 is 0 Å². The predicted molar refractivity (Wildman–Crippen MR) is 86.7 cm³/mol. The van der Waals surface area contributed by atoms with Gasteiger partial charge in [0.25, 0.3) is 5.91 Å². The summed E-state index contributed by atoms with van der Waals surface area (Å²) in [5.74, 6) is -1.76. The molecular weight excluding hydrogens is 315 g/mol. The Morgan fingerprint density at radius 1 is 1.21 bits per heavy atom. The third kappa shape index (κ3) is 7.21. The molecule has 1 aromatic rings. The molecule has 3 amide bonds. The molecule has 0 spiro atoms. The van der Waals surface area contributed by atoms with Gasteiger partial charge in [-0.1, -0.05) is 18.2 Å². The Bertz CT molecular complexity index is 611. The van der Waals surface area contributed by atoms with Crippen molar-refractivity contribution < 1.29 is 23.5 Å². The Kier molecular flexibility index (Phi) is 6.88. The number of imide groups is 1. The van der Waals surface area contributed by atoms with Gasteiger partial charge in [-0.25, -0.2) is 9.18 Å². The summed E-state index contributed by atoms with van der Waals surface area (Å²) in [5.41, 5.74) is -0.0968.